The van der Waals surface area contributed by atoms with Gasteiger partial charge in [0.1, 0.15) is 5.82 Å². The molecule has 2 heterocycles. The van der Waals surface area contributed by atoms with Gasteiger partial charge in [0.05, 0.1) is 23.4 Å². The molecule has 2 amide bonds. The summed E-state index contributed by atoms with van der Waals surface area (Å²) in [5.74, 6) is -0.155. The molecule has 1 N–H and O–H groups in total. The molecule has 0 spiro atoms. The van der Waals surface area contributed by atoms with Crippen molar-refractivity contribution in [2.75, 3.05) is 18.0 Å². The van der Waals surface area contributed by atoms with Gasteiger partial charge in [0.15, 0.2) is 0 Å². The van der Waals surface area contributed by atoms with E-state index in [0.29, 0.717) is 36.2 Å². The fraction of sp³-hybridized carbons (Fsp3) is 0.407. The lowest BCUT2D eigenvalue weighted by Crippen LogP contribution is -2.46. The molecule has 3 aromatic rings. The number of rotatable bonds is 5. The molecule has 5 rings (SSSR count). The Morgan fingerprint density at radius 1 is 1.06 bits per heavy atom. The number of hydrogen-bond donors (Lipinski definition) is 1. The van der Waals surface area contributed by atoms with Crippen molar-refractivity contribution < 1.29 is 9.59 Å². The van der Waals surface area contributed by atoms with Crippen molar-refractivity contribution in [2.24, 2.45) is 11.8 Å². The van der Waals surface area contributed by atoms with Gasteiger partial charge in [-0.1, -0.05) is 43.2 Å². The molecule has 2 aromatic carbocycles. The lowest BCUT2D eigenvalue weighted by atomic mass is 9.77. The average molecular weight is 459 g/mol. The summed E-state index contributed by atoms with van der Waals surface area (Å²) < 4.78 is 0. The van der Waals surface area contributed by atoms with E-state index in [0.717, 1.165) is 31.4 Å². The van der Waals surface area contributed by atoms with E-state index in [-0.39, 0.29) is 35.8 Å². The molecule has 1 aliphatic heterocycles. The van der Waals surface area contributed by atoms with Crippen LogP contribution in [0.1, 0.15) is 44.0 Å². The van der Waals surface area contributed by atoms with E-state index in [4.69, 9.17) is 0 Å². The first-order valence-electron chi connectivity index (χ1n) is 12.2. The highest BCUT2D eigenvalue weighted by atomic mass is 16.2. The summed E-state index contributed by atoms with van der Waals surface area (Å²) in [5, 5.41) is 0.532. The number of para-hydroxylation sites is 2. The highest BCUT2D eigenvalue weighted by molar-refractivity contribution is 5.99. The molecule has 7 heteroatoms. The molecule has 0 bridgehead atoms. The standard InChI is InChI=1S/C27H30N4O3/c1-2-30(17-24-28-22-13-7-6-12-21(22)25(32)29-24)26(33)19-10-4-5-11-20(19)27(34)31-16-15-18-9-3-8-14-23(18)31/h3,6-9,12-14,19-20H,2,4-5,10-11,15-17H2,1H3,(H,28,29,32). The van der Waals surface area contributed by atoms with Gasteiger partial charge in [0.25, 0.3) is 5.56 Å². The second-order valence-corrected chi connectivity index (χ2v) is 9.25. The van der Waals surface area contributed by atoms with E-state index in [9.17, 15) is 14.4 Å². The minimum absolute atomic E-state index is 0.0242. The maximum atomic E-state index is 13.7. The van der Waals surface area contributed by atoms with Gasteiger partial charge in [-0.3, -0.25) is 14.4 Å². The zero-order valence-corrected chi connectivity index (χ0v) is 19.5. The lowest BCUT2D eigenvalue weighted by molar-refractivity contribution is -0.143. The Labute approximate surface area is 198 Å². The number of nitrogens with zero attached hydrogens (tertiary/aromatic N) is 3. The summed E-state index contributed by atoms with van der Waals surface area (Å²) in [5.41, 5.74) is 2.58. The number of H-pyrrole nitrogens is 1. The third-order valence-electron chi connectivity index (χ3n) is 7.25. The Kier molecular flexibility index (Phi) is 6.18. The average Bonchev–Trinajstić information content (AvgIpc) is 3.31. The number of nitrogens with one attached hydrogen (secondary N) is 1. The Bertz CT molecular complexity index is 1280. The number of aromatic nitrogens is 2. The van der Waals surface area contributed by atoms with Gasteiger partial charge in [0, 0.05) is 24.7 Å². The van der Waals surface area contributed by atoms with Gasteiger partial charge >= 0.3 is 0 Å². The van der Waals surface area contributed by atoms with Crippen molar-refractivity contribution in [3.63, 3.8) is 0 Å². The maximum Gasteiger partial charge on any atom is 0.258 e. The van der Waals surface area contributed by atoms with E-state index in [1.807, 2.05) is 36.1 Å². The molecule has 2 unspecified atom stereocenters. The Balaban J connectivity index is 1.37. The minimum atomic E-state index is -0.346. The van der Waals surface area contributed by atoms with Crippen LogP contribution in [0.4, 0.5) is 5.69 Å². The van der Waals surface area contributed by atoms with Crippen LogP contribution in [0.5, 0.6) is 0 Å². The molecule has 1 saturated carbocycles. The van der Waals surface area contributed by atoms with Crippen LogP contribution in [0.15, 0.2) is 53.3 Å². The number of anilines is 1. The minimum Gasteiger partial charge on any atom is -0.335 e. The number of benzene rings is 2. The summed E-state index contributed by atoms with van der Waals surface area (Å²) in [6.07, 6.45) is 4.20. The highest BCUT2D eigenvalue weighted by Gasteiger charge is 2.41. The van der Waals surface area contributed by atoms with Crippen molar-refractivity contribution in [1.82, 2.24) is 14.9 Å². The van der Waals surface area contributed by atoms with E-state index in [1.54, 1.807) is 23.1 Å². The van der Waals surface area contributed by atoms with Gasteiger partial charge < -0.3 is 14.8 Å². The predicted octanol–water partition coefficient (Wildman–Crippen LogP) is 3.67. The smallest absolute Gasteiger partial charge is 0.258 e. The monoisotopic (exact) mass is 458 g/mol. The van der Waals surface area contributed by atoms with Crippen LogP contribution in [0.3, 0.4) is 0 Å². The van der Waals surface area contributed by atoms with Crippen LogP contribution < -0.4 is 10.5 Å². The number of amides is 2. The predicted molar refractivity (Wildman–Crippen MR) is 131 cm³/mol. The van der Waals surface area contributed by atoms with Crippen LogP contribution in [-0.4, -0.2) is 39.8 Å². The van der Waals surface area contributed by atoms with E-state index in [1.165, 1.54) is 5.56 Å². The fourth-order valence-corrected chi connectivity index (χ4v) is 5.46. The van der Waals surface area contributed by atoms with Crippen molar-refractivity contribution in [3.8, 4) is 0 Å². The van der Waals surface area contributed by atoms with Crippen LogP contribution in [0.2, 0.25) is 0 Å². The summed E-state index contributed by atoms with van der Waals surface area (Å²) in [4.78, 5) is 50.8. The zero-order valence-electron chi connectivity index (χ0n) is 19.5. The van der Waals surface area contributed by atoms with Crippen LogP contribution in [0, 0.1) is 11.8 Å². The molecule has 176 valence electrons. The van der Waals surface area contributed by atoms with Crippen molar-refractivity contribution in [3.05, 3.63) is 70.3 Å². The zero-order chi connectivity index (χ0) is 23.7. The number of hydrogen-bond acceptors (Lipinski definition) is 4. The molecule has 7 nitrogen and oxygen atoms in total. The SMILES string of the molecule is CCN(Cc1nc2ccccc2c(=O)[nH]1)C(=O)C1CCCCC1C(=O)N1CCc2ccccc21. The quantitative estimate of drug-likeness (QED) is 0.632. The number of aromatic amines is 1. The van der Waals surface area contributed by atoms with Gasteiger partial charge in [-0.2, -0.15) is 0 Å². The molecule has 1 aromatic heterocycles. The third-order valence-corrected chi connectivity index (χ3v) is 7.25. The molecule has 2 atom stereocenters. The largest absolute Gasteiger partial charge is 0.335 e. The summed E-state index contributed by atoms with van der Waals surface area (Å²) in [6.45, 7) is 3.31. The molecule has 1 fully saturated rings. The van der Waals surface area contributed by atoms with Gasteiger partial charge in [0.2, 0.25) is 11.8 Å². The first-order chi connectivity index (χ1) is 16.6. The van der Waals surface area contributed by atoms with Crippen molar-refractivity contribution in [2.45, 2.75) is 45.6 Å². The second-order valence-electron chi connectivity index (χ2n) is 9.25. The number of carbonyl (C=O) groups is 2. The fourth-order valence-electron chi connectivity index (χ4n) is 5.46. The highest BCUT2D eigenvalue weighted by Crippen LogP contribution is 2.36. The molecular formula is C27H30N4O3. The van der Waals surface area contributed by atoms with E-state index < -0.39 is 0 Å². The molecule has 0 saturated heterocycles. The van der Waals surface area contributed by atoms with Crippen molar-refractivity contribution in [1.29, 1.82) is 0 Å². The molecule has 1 aliphatic carbocycles. The van der Waals surface area contributed by atoms with E-state index >= 15 is 0 Å². The summed E-state index contributed by atoms with van der Waals surface area (Å²) >= 11 is 0. The van der Waals surface area contributed by atoms with Crippen LogP contribution in [-0.2, 0) is 22.6 Å². The first-order valence-corrected chi connectivity index (χ1v) is 12.2. The Morgan fingerprint density at radius 3 is 2.62 bits per heavy atom. The van der Waals surface area contributed by atoms with Crippen molar-refractivity contribution >= 4 is 28.4 Å². The lowest BCUT2D eigenvalue weighted by Gasteiger charge is -2.35. The van der Waals surface area contributed by atoms with Gasteiger partial charge in [-0.15, -0.1) is 0 Å². The van der Waals surface area contributed by atoms with Crippen LogP contribution >= 0.6 is 0 Å². The first kappa shape index (κ1) is 22.3. The van der Waals surface area contributed by atoms with Gasteiger partial charge in [-0.05, 0) is 49.9 Å². The molecule has 0 radical (unpaired) electrons. The molecule has 2 aliphatic rings. The third kappa shape index (κ3) is 4.11. The van der Waals surface area contributed by atoms with E-state index in [2.05, 4.69) is 16.0 Å². The summed E-state index contributed by atoms with van der Waals surface area (Å²) in [6, 6.07) is 15.2. The number of carbonyl (C=O) groups excluding carboxylic acids is 2. The van der Waals surface area contributed by atoms with Gasteiger partial charge in [-0.25, -0.2) is 4.98 Å². The Morgan fingerprint density at radius 2 is 1.79 bits per heavy atom. The topological polar surface area (TPSA) is 86.4 Å². The molecule has 34 heavy (non-hydrogen) atoms. The maximum absolute atomic E-state index is 13.7. The second kappa shape index (κ2) is 9.41. The van der Waals surface area contributed by atoms with Crippen LogP contribution in [0.25, 0.3) is 10.9 Å². The molecular weight excluding hydrogens is 428 g/mol. The summed E-state index contributed by atoms with van der Waals surface area (Å²) in [7, 11) is 0. The number of fused-ring (bicyclic) bond motifs is 2. The normalized spacial score (nSPS) is 19.7. The Hall–Kier alpha value is -3.48.